The van der Waals surface area contributed by atoms with Crippen LogP contribution in [0, 0.1) is 0 Å². The van der Waals surface area contributed by atoms with E-state index in [2.05, 4.69) is 37.1 Å². The maximum atomic E-state index is 4.32. The van der Waals surface area contributed by atoms with Gasteiger partial charge in [-0.05, 0) is 31.4 Å². The molecule has 0 aliphatic carbocycles. The fourth-order valence-electron chi connectivity index (χ4n) is 1.91. The van der Waals surface area contributed by atoms with Crippen LogP contribution in [0.1, 0.15) is 45.7 Å². The van der Waals surface area contributed by atoms with Crippen molar-refractivity contribution in [2.75, 3.05) is 0 Å². The van der Waals surface area contributed by atoms with Crippen LogP contribution in [0.25, 0.3) is 0 Å². The molecule has 1 aromatic heterocycles. The van der Waals surface area contributed by atoms with Crippen molar-refractivity contribution in [1.82, 2.24) is 10.3 Å². The van der Waals surface area contributed by atoms with Gasteiger partial charge >= 0.3 is 0 Å². The van der Waals surface area contributed by atoms with Gasteiger partial charge in [0.15, 0.2) is 0 Å². The number of aromatic nitrogens is 1. The van der Waals surface area contributed by atoms with Gasteiger partial charge in [0, 0.05) is 18.3 Å². The summed E-state index contributed by atoms with van der Waals surface area (Å²) in [5.74, 6) is 0. The fraction of sp³-hybridized carbons (Fsp3) is 0.615. The number of hydrogen-bond donors (Lipinski definition) is 1. The molecule has 0 spiro atoms. The highest BCUT2D eigenvalue weighted by Crippen LogP contribution is 2.19. The lowest BCUT2D eigenvalue weighted by Gasteiger charge is -2.31. The zero-order valence-corrected chi connectivity index (χ0v) is 10.1. The molecule has 0 atom stereocenters. The van der Waals surface area contributed by atoms with Gasteiger partial charge in [-0.1, -0.05) is 26.8 Å². The van der Waals surface area contributed by atoms with E-state index in [1.54, 1.807) is 0 Å². The molecule has 0 aromatic carbocycles. The number of nitrogens with zero attached hydrogens (tertiary/aromatic N) is 1. The van der Waals surface area contributed by atoms with Crippen molar-refractivity contribution in [2.45, 2.75) is 52.1 Å². The van der Waals surface area contributed by atoms with Gasteiger partial charge in [0.1, 0.15) is 0 Å². The number of pyridine rings is 1. The maximum Gasteiger partial charge on any atom is 0.0541 e. The Bertz CT molecular complexity index is 257. The number of hydrogen-bond acceptors (Lipinski definition) is 2. The summed E-state index contributed by atoms with van der Waals surface area (Å²) in [4.78, 5) is 4.32. The van der Waals surface area contributed by atoms with Gasteiger partial charge in [-0.15, -0.1) is 0 Å². The van der Waals surface area contributed by atoms with E-state index in [-0.39, 0.29) is 5.54 Å². The van der Waals surface area contributed by atoms with Crippen LogP contribution in [0.2, 0.25) is 0 Å². The second-order valence-electron chi connectivity index (χ2n) is 4.02. The van der Waals surface area contributed by atoms with E-state index >= 15 is 0 Å². The molecule has 0 radical (unpaired) electrons. The molecule has 1 N–H and O–H groups in total. The Hall–Kier alpha value is -0.890. The molecule has 2 nitrogen and oxygen atoms in total. The Morgan fingerprint density at radius 3 is 2.27 bits per heavy atom. The molecule has 0 bridgehead atoms. The van der Waals surface area contributed by atoms with Crippen LogP contribution in [0.15, 0.2) is 24.4 Å². The molecule has 0 unspecified atom stereocenters. The number of rotatable bonds is 6. The quantitative estimate of drug-likeness (QED) is 0.773. The van der Waals surface area contributed by atoms with Gasteiger partial charge in [-0.2, -0.15) is 0 Å². The summed E-state index contributed by atoms with van der Waals surface area (Å²) in [6.07, 6.45) is 5.37. The van der Waals surface area contributed by atoms with Crippen molar-refractivity contribution < 1.29 is 0 Å². The topological polar surface area (TPSA) is 24.9 Å². The third-order valence-corrected chi connectivity index (χ3v) is 3.40. The predicted molar refractivity (Wildman–Crippen MR) is 64.7 cm³/mol. The number of nitrogens with one attached hydrogen (secondary N) is 1. The summed E-state index contributed by atoms with van der Waals surface area (Å²) < 4.78 is 0. The molecular weight excluding hydrogens is 184 g/mol. The average molecular weight is 206 g/mol. The summed E-state index contributed by atoms with van der Waals surface area (Å²) in [5, 5.41) is 3.64. The minimum atomic E-state index is 0.289. The summed E-state index contributed by atoms with van der Waals surface area (Å²) >= 11 is 0. The van der Waals surface area contributed by atoms with Crippen LogP contribution in [0.5, 0.6) is 0 Å². The van der Waals surface area contributed by atoms with Crippen LogP contribution < -0.4 is 5.32 Å². The Morgan fingerprint density at radius 2 is 1.80 bits per heavy atom. The van der Waals surface area contributed by atoms with Gasteiger partial charge in [0.25, 0.3) is 0 Å². The van der Waals surface area contributed by atoms with Crippen LogP contribution in [0.4, 0.5) is 0 Å². The second kappa shape index (κ2) is 5.86. The molecule has 0 aliphatic heterocycles. The molecule has 0 amide bonds. The van der Waals surface area contributed by atoms with Crippen molar-refractivity contribution >= 4 is 0 Å². The van der Waals surface area contributed by atoms with E-state index in [0.29, 0.717) is 0 Å². The van der Waals surface area contributed by atoms with Crippen molar-refractivity contribution in [3.8, 4) is 0 Å². The largest absolute Gasteiger partial charge is 0.306 e. The maximum absolute atomic E-state index is 4.32. The second-order valence-corrected chi connectivity index (χ2v) is 4.02. The van der Waals surface area contributed by atoms with Gasteiger partial charge in [-0.25, -0.2) is 0 Å². The molecular formula is C13H22N2. The van der Waals surface area contributed by atoms with Crippen LogP contribution in [-0.2, 0) is 6.54 Å². The SMILES string of the molecule is CCC(CC)(CC)NCc1ccccn1. The molecule has 15 heavy (non-hydrogen) atoms. The standard InChI is InChI=1S/C13H22N2/c1-4-13(5-2,6-3)15-11-12-9-7-8-10-14-12/h7-10,15H,4-6,11H2,1-3H3. The van der Waals surface area contributed by atoms with E-state index in [0.717, 1.165) is 12.2 Å². The summed E-state index contributed by atoms with van der Waals surface area (Å²) in [5.41, 5.74) is 1.41. The van der Waals surface area contributed by atoms with Crippen LogP contribution in [0.3, 0.4) is 0 Å². The lowest BCUT2D eigenvalue weighted by molar-refractivity contribution is 0.287. The highest BCUT2D eigenvalue weighted by molar-refractivity contribution is 5.04. The van der Waals surface area contributed by atoms with E-state index in [9.17, 15) is 0 Å². The summed E-state index contributed by atoms with van der Waals surface area (Å²) in [6.45, 7) is 7.62. The van der Waals surface area contributed by atoms with Gasteiger partial charge in [-0.3, -0.25) is 4.98 Å². The minimum Gasteiger partial charge on any atom is -0.306 e. The first-order valence-corrected chi connectivity index (χ1v) is 5.91. The van der Waals surface area contributed by atoms with E-state index in [4.69, 9.17) is 0 Å². The molecule has 1 rings (SSSR count). The normalized spacial score (nSPS) is 11.7. The monoisotopic (exact) mass is 206 g/mol. The fourth-order valence-corrected chi connectivity index (χ4v) is 1.91. The summed E-state index contributed by atoms with van der Waals surface area (Å²) in [7, 11) is 0. The van der Waals surface area contributed by atoms with Gasteiger partial charge in [0.05, 0.1) is 5.69 Å². The molecule has 0 aliphatic rings. The lowest BCUT2D eigenvalue weighted by atomic mass is 9.90. The molecule has 1 aromatic rings. The summed E-state index contributed by atoms with van der Waals surface area (Å²) in [6, 6.07) is 6.06. The molecule has 0 saturated carbocycles. The molecule has 84 valence electrons. The van der Waals surface area contributed by atoms with Crippen LogP contribution in [-0.4, -0.2) is 10.5 Å². The highest BCUT2D eigenvalue weighted by Gasteiger charge is 2.22. The van der Waals surface area contributed by atoms with E-state index in [1.807, 2.05) is 18.3 Å². The Labute approximate surface area is 93.1 Å². The molecule has 0 saturated heterocycles. The molecule has 1 heterocycles. The average Bonchev–Trinajstić information content (AvgIpc) is 2.33. The lowest BCUT2D eigenvalue weighted by Crippen LogP contribution is -2.43. The highest BCUT2D eigenvalue weighted by atomic mass is 15.0. The minimum absolute atomic E-state index is 0.289. The smallest absolute Gasteiger partial charge is 0.0541 e. The van der Waals surface area contributed by atoms with E-state index in [1.165, 1.54) is 19.3 Å². The van der Waals surface area contributed by atoms with Crippen molar-refractivity contribution in [2.24, 2.45) is 0 Å². The first-order chi connectivity index (χ1) is 7.26. The van der Waals surface area contributed by atoms with Crippen molar-refractivity contribution in [3.05, 3.63) is 30.1 Å². The van der Waals surface area contributed by atoms with E-state index < -0.39 is 0 Å². The third-order valence-electron chi connectivity index (χ3n) is 3.40. The first-order valence-electron chi connectivity index (χ1n) is 5.91. The zero-order chi connectivity index (χ0) is 11.1. The molecule has 0 fully saturated rings. The van der Waals surface area contributed by atoms with Gasteiger partial charge < -0.3 is 5.32 Å². The first kappa shape index (κ1) is 12.2. The van der Waals surface area contributed by atoms with Crippen LogP contribution >= 0.6 is 0 Å². The van der Waals surface area contributed by atoms with Gasteiger partial charge in [0.2, 0.25) is 0 Å². The van der Waals surface area contributed by atoms with Crippen molar-refractivity contribution in [3.63, 3.8) is 0 Å². The predicted octanol–water partition coefficient (Wildman–Crippen LogP) is 3.14. The third kappa shape index (κ3) is 3.31. The molecule has 2 heteroatoms. The Kier molecular flexibility index (Phi) is 4.76. The Morgan fingerprint density at radius 1 is 1.13 bits per heavy atom. The Balaban J connectivity index is 2.54. The zero-order valence-electron chi connectivity index (χ0n) is 10.1. The van der Waals surface area contributed by atoms with Crippen molar-refractivity contribution in [1.29, 1.82) is 0 Å².